The number of rotatable bonds is 12. The monoisotopic (exact) mass is 506 g/mol. The van der Waals surface area contributed by atoms with E-state index in [0.717, 1.165) is 28.0 Å². The molecule has 5 nitrogen and oxygen atoms in total. The van der Waals surface area contributed by atoms with Crippen molar-refractivity contribution in [2.45, 2.75) is 38.4 Å². The molecule has 4 aromatic rings. The molecule has 0 aliphatic rings. The third-order valence-corrected chi connectivity index (χ3v) is 6.56. The van der Waals surface area contributed by atoms with Gasteiger partial charge in [-0.05, 0) is 40.8 Å². The first-order chi connectivity index (χ1) is 18.6. The molecule has 1 N–H and O–H groups in total. The zero-order valence-corrected chi connectivity index (χ0v) is 21.8. The number of nitrogens with one attached hydrogen (secondary N) is 1. The Kier molecular flexibility index (Phi) is 9.69. The lowest BCUT2D eigenvalue weighted by atomic mass is 10.0. The van der Waals surface area contributed by atoms with Crippen LogP contribution in [0.25, 0.3) is 0 Å². The van der Waals surface area contributed by atoms with E-state index < -0.39 is 6.04 Å². The standard InChI is InChI=1S/C33H34N2O3/c1-38-30-20-17-29(18-21-30)25-35(32(36)22-19-26-11-5-2-6-12-26)31(23-27-13-7-3-8-14-27)33(37)34-24-28-15-9-4-10-16-28/h2-18,20-21,31H,19,22-25H2,1H3,(H,34,37)/t31-/m1/s1. The fourth-order valence-corrected chi connectivity index (χ4v) is 4.42. The number of carbonyl (C=O) groups excluding carboxylic acids is 2. The molecule has 0 heterocycles. The van der Waals surface area contributed by atoms with Crippen LogP contribution in [-0.2, 0) is 35.5 Å². The number of amides is 2. The second kappa shape index (κ2) is 13.8. The number of carbonyl (C=O) groups is 2. The molecular formula is C33H34N2O3. The van der Waals surface area contributed by atoms with Gasteiger partial charge in [-0.3, -0.25) is 9.59 Å². The van der Waals surface area contributed by atoms with Crippen LogP contribution in [0.3, 0.4) is 0 Å². The minimum atomic E-state index is -0.661. The van der Waals surface area contributed by atoms with Gasteiger partial charge in [-0.1, -0.05) is 103 Å². The molecule has 38 heavy (non-hydrogen) atoms. The van der Waals surface area contributed by atoms with Crippen LogP contribution in [0.1, 0.15) is 28.7 Å². The fraction of sp³-hybridized carbons (Fsp3) is 0.212. The highest BCUT2D eigenvalue weighted by molar-refractivity contribution is 5.88. The van der Waals surface area contributed by atoms with Gasteiger partial charge in [0.15, 0.2) is 0 Å². The fourth-order valence-electron chi connectivity index (χ4n) is 4.42. The summed E-state index contributed by atoms with van der Waals surface area (Å²) in [5.74, 6) is 0.525. The van der Waals surface area contributed by atoms with E-state index in [1.165, 1.54) is 0 Å². The number of nitrogens with zero attached hydrogens (tertiary/aromatic N) is 1. The third kappa shape index (κ3) is 7.81. The van der Waals surface area contributed by atoms with Gasteiger partial charge in [0.1, 0.15) is 11.8 Å². The van der Waals surface area contributed by atoms with E-state index in [1.54, 1.807) is 12.0 Å². The highest BCUT2D eigenvalue weighted by Gasteiger charge is 2.30. The van der Waals surface area contributed by atoms with Crippen molar-refractivity contribution in [3.05, 3.63) is 138 Å². The first-order valence-electron chi connectivity index (χ1n) is 12.9. The first kappa shape index (κ1) is 26.7. The maximum atomic E-state index is 13.8. The second-order valence-electron chi connectivity index (χ2n) is 9.26. The molecule has 0 aliphatic heterocycles. The minimum absolute atomic E-state index is 0.0551. The third-order valence-electron chi connectivity index (χ3n) is 6.56. The van der Waals surface area contributed by atoms with Gasteiger partial charge in [-0.15, -0.1) is 0 Å². The Morgan fingerprint density at radius 1 is 0.711 bits per heavy atom. The second-order valence-corrected chi connectivity index (χ2v) is 9.26. The Hall–Kier alpha value is -4.38. The molecule has 0 aliphatic carbocycles. The molecule has 0 bridgehead atoms. The number of aryl methyl sites for hydroxylation is 1. The molecule has 5 heteroatoms. The van der Waals surface area contributed by atoms with Crippen LogP contribution >= 0.6 is 0 Å². The van der Waals surface area contributed by atoms with Gasteiger partial charge in [0.05, 0.1) is 7.11 Å². The van der Waals surface area contributed by atoms with Gasteiger partial charge >= 0.3 is 0 Å². The van der Waals surface area contributed by atoms with E-state index in [4.69, 9.17) is 4.74 Å². The average Bonchev–Trinajstić information content (AvgIpc) is 2.98. The van der Waals surface area contributed by atoms with Crippen molar-refractivity contribution in [3.8, 4) is 5.75 Å². The molecular weight excluding hydrogens is 472 g/mol. The number of hydrogen-bond donors (Lipinski definition) is 1. The van der Waals surface area contributed by atoms with Crippen LogP contribution in [0.2, 0.25) is 0 Å². The zero-order chi connectivity index (χ0) is 26.6. The Bertz CT molecular complexity index is 1280. The lowest BCUT2D eigenvalue weighted by Gasteiger charge is -2.32. The maximum Gasteiger partial charge on any atom is 0.243 e. The van der Waals surface area contributed by atoms with Crippen molar-refractivity contribution in [2.75, 3.05) is 7.11 Å². The van der Waals surface area contributed by atoms with Gasteiger partial charge in [0.2, 0.25) is 11.8 Å². The van der Waals surface area contributed by atoms with E-state index in [-0.39, 0.29) is 11.8 Å². The number of ether oxygens (including phenoxy) is 1. The van der Waals surface area contributed by atoms with Crippen LogP contribution in [0.15, 0.2) is 115 Å². The van der Waals surface area contributed by atoms with Gasteiger partial charge in [0, 0.05) is 25.9 Å². The van der Waals surface area contributed by atoms with Crippen molar-refractivity contribution in [1.82, 2.24) is 10.2 Å². The molecule has 4 aromatic carbocycles. The summed E-state index contributed by atoms with van der Waals surface area (Å²) in [6.07, 6.45) is 1.36. The molecule has 0 saturated carbocycles. The summed E-state index contributed by atoms with van der Waals surface area (Å²) in [5, 5.41) is 3.08. The van der Waals surface area contributed by atoms with E-state index in [9.17, 15) is 9.59 Å². The number of methoxy groups -OCH3 is 1. The van der Waals surface area contributed by atoms with E-state index in [1.807, 2.05) is 115 Å². The first-order valence-corrected chi connectivity index (χ1v) is 12.9. The summed E-state index contributed by atoms with van der Waals surface area (Å²) in [7, 11) is 1.63. The lowest BCUT2D eigenvalue weighted by molar-refractivity contribution is -0.141. The highest BCUT2D eigenvalue weighted by Crippen LogP contribution is 2.19. The zero-order valence-electron chi connectivity index (χ0n) is 21.8. The molecule has 0 unspecified atom stereocenters. The number of hydrogen-bond acceptors (Lipinski definition) is 3. The largest absolute Gasteiger partial charge is 0.497 e. The molecule has 0 fully saturated rings. The molecule has 0 aromatic heterocycles. The van der Waals surface area contributed by atoms with Crippen LogP contribution in [0.4, 0.5) is 0 Å². The lowest BCUT2D eigenvalue weighted by Crippen LogP contribution is -2.50. The quantitative estimate of drug-likeness (QED) is 0.273. The van der Waals surface area contributed by atoms with Crippen LogP contribution < -0.4 is 10.1 Å². The Morgan fingerprint density at radius 2 is 1.26 bits per heavy atom. The minimum Gasteiger partial charge on any atom is -0.497 e. The van der Waals surface area contributed by atoms with E-state index in [2.05, 4.69) is 5.32 Å². The summed E-state index contributed by atoms with van der Waals surface area (Å²) in [4.78, 5) is 29.2. The molecule has 1 atom stereocenters. The smallest absolute Gasteiger partial charge is 0.243 e. The van der Waals surface area contributed by atoms with Gasteiger partial charge in [-0.25, -0.2) is 0 Å². The Labute approximate surface area is 225 Å². The molecule has 2 amide bonds. The van der Waals surface area contributed by atoms with Gasteiger partial charge in [-0.2, -0.15) is 0 Å². The van der Waals surface area contributed by atoms with Crippen LogP contribution in [0, 0.1) is 0 Å². The van der Waals surface area contributed by atoms with Crippen LogP contribution in [-0.4, -0.2) is 29.9 Å². The molecule has 4 rings (SSSR count). The molecule has 194 valence electrons. The van der Waals surface area contributed by atoms with Crippen molar-refractivity contribution in [1.29, 1.82) is 0 Å². The Morgan fingerprint density at radius 3 is 1.84 bits per heavy atom. The molecule has 0 radical (unpaired) electrons. The van der Waals surface area contributed by atoms with Crippen molar-refractivity contribution < 1.29 is 14.3 Å². The summed E-state index contributed by atoms with van der Waals surface area (Å²) in [6, 6.07) is 36.6. The summed E-state index contributed by atoms with van der Waals surface area (Å²) < 4.78 is 5.30. The van der Waals surface area contributed by atoms with Crippen LogP contribution in [0.5, 0.6) is 5.75 Å². The Balaban J connectivity index is 1.60. The van der Waals surface area contributed by atoms with Crippen molar-refractivity contribution in [2.24, 2.45) is 0 Å². The topological polar surface area (TPSA) is 58.6 Å². The molecule has 0 spiro atoms. The summed E-state index contributed by atoms with van der Waals surface area (Å²) in [6.45, 7) is 0.730. The van der Waals surface area contributed by atoms with Crippen molar-refractivity contribution >= 4 is 11.8 Å². The summed E-state index contributed by atoms with van der Waals surface area (Å²) in [5.41, 5.74) is 4.05. The maximum absolute atomic E-state index is 13.8. The summed E-state index contributed by atoms with van der Waals surface area (Å²) >= 11 is 0. The SMILES string of the molecule is COc1ccc(CN(C(=O)CCc2ccccc2)[C@H](Cc2ccccc2)C(=O)NCc2ccccc2)cc1. The van der Waals surface area contributed by atoms with Gasteiger partial charge < -0.3 is 15.0 Å². The van der Waals surface area contributed by atoms with E-state index in [0.29, 0.717) is 32.4 Å². The van der Waals surface area contributed by atoms with E-state index >= 15 is 0 Å². The normalized spacial score (nSPS) is 11.4. The van der Waals surface area contributed by atoms with Crippen molar-refractivity contribution in [3.63, 3.8) is 0 Å². The average molecular weight is 507 g/mol. The predicted molar refractivity (Wildman–Crippen MR) is 151 cm³/mol. The predicted octanol–water partition coefficient (Wildman–Crippen LogP) is 5.58. The van der Waals surface area contributed by atoms with Gasteiger partial charge in [0.25, 0.3) is 0 Å². The highest BCUT2D eigenvalue weighted by atomic mass is 16.5. The number of benzene rings is 4. The molecule has 0 saturated heterocycles.